The number of nitrogens with one attached hydrogen (secondary N) is 1. The molecule has 7 heteroatoms. The van der Waals surface area contributed by atoms with Crippen molar-refractivity contribution in [2.75, 3.05) is 19.5 Å². The Kier molecular flexibility index (Phi) is 5.63. The van der Waals surface area contributed by atoms with Gasteiger partial charge < -0.3 is 14.8 Å². The van der Waals surface area contributed by atoms with Gasteiger partial charge in [0, 0.05) is 11.8 Å². The molecule has 0 saturated heterocycles. The molecule has 3 rings (SSSR count). The SMILES string of the molecule is COc1ccc(OC)c(-n2nnc(C(=O)Nc3cccc(C(C)C)c3)c2C)c1. The minimum Gasteiger partial charge on any atom is -0.497 e. The molecule has 0 bridgehead atoms. The Labute approximate surface area is 164 Å². The van der Waals surface area contributed by atoms with Crippen molar-refractivity contribution in [1.82, 2.24) is 15.0 Å². The van der Waals surface area contributed by atoms with E-state index in [1.165, 1.54) is 0 Å². The molecule has 0 saturated carbocycles. The first-order chi connectivity index (χ1) is 13.4. The van der Waals surface area contributed by atoms with Gasteiger partial charge in [-0.3, -0.25) is 4.79 Å². The molecule has 0 fully saturated rings. The van der Waals surface area contributed by atoms with E-state index in [1.807, 2.05) is 24.3 Å². The van der Waals surface area contributed by atoms with Crippen molar-refractivity contribution < 1.29 is 14.3 Å². The molecule has 1 N–H and O–H groups in total. The number of carbonyl (C=O) groups excluding carboxylic acids is 1. The summed E-state index contributed by atoms with van der Waals surface area (Å²) < 4.78 is 12.3. The van der Waals surface area contributed by atoms with Crippen LogP contribution in [0.25, 0.3) is 5.69 Å². The number of amides is 1. The van der Waals surface area contributed by atoms with Gasteiger partial charge in [0.1, 0.15) is 17.2 Å². The zero-order valence-corrected chi connectivity index (χ0v) is 16.7. The molecule has 0 unspecified atom stereocenters. The molecule has 2 aromatic carbocycles. The number of benzene rings is 2. The van der Waals surface area contributed by atoms with Crippen LogP contribution in [0.4, 0.5) is 5.69 Å². The average Bonchev–Trinajstić information content (AvgIpc) is 3.08. The lowest BCUT2D eigenvalue weighted by Crippen LogP contribution is -2.14. The fourth-order valence-corrected chi connectivity index (χ4v) is 2.90. The Bertz CT molecular complexity index is 995. The van der Waals surface area contributed by atoms with Gasteiger partial charge in [0.25, 0.3) is 5.91 Å². The number of nitrogens with zero attached hydrogens (tertiary/aromatic N) is 3. The molecule has 0 aliphatic rings. The lowest BCUT2D eigenvalue weighted by atomic mass is 10.0. The summed E-state index contributed by atoms with van der Waals surface area (Å²) in [6.45, 7) is 6.01. The number of rotatable bonds is 6. The summed E-state index contributed by atoms with van der Waals surface area (Å²) in [6.07, 6.45) is 0. The van der Waals surface area contributed by atoms with Crippen LogP contribution in [0, 0.1) is 6.92 Å². The molecule has 1 aromatic heterocycles. The summed E-state index contributed by atoms with van der Waals surface area (Å²) in [7, 11) is 3.16. The highest BCUT2D eigenvalue weighted by atomic mass is 16.5. The molecule has 1 amide bonds. The zero-order valence-electron chi connectivity index (χ0n) is 16.7. The second-order valence-corrected chi connectivity index (χ2v) is 6.71. The molecule has 0 atom stereocenters. The van der Waals surface area contributed by atoms with Crippen LogP contribution in [-0.2, 0) is 0 Å². The highest BCUT2D eigenvalue weighted by molar-refractivity contribution is 6.03. The van der Waals surface area contributed by atoms with Gasteiger partial charge in [0.05, 0.1) is 19.9 Å². The fraction of sp³-hybridized carbons (Fsp3) is 0.286. The molecule has 28 heavy (non-hydrogen) atoms. The first-order valence-corrected chi connectivity index (χ1v) is 9.00. The standard InChI is InChI=1S/C21H24N4O3/c1-13(2)15-7-6-8-16(11-15)22-21(26)20-14(3)25(24-23-20)18-12-17(27-4)9-10-19(18)28-5/h6-13H,1-5H3,(H,22,26). The first-order valence-electron chi connectivity index (χ1n) is 9.00. The number of ether oxygens (including phenoxy) is 2. The Morgan fingerprint density at radius 3 is 2.57 bits per heavy atom. The van der Waals surface area contributed by atoms with E-state index >= 15 is 0 Å². The van der Waals surface area contributed by atoms with Gasteiger partial charge in [-0.05, 0) is 42.7 Å². The second-order valence-electron chi connectivity index (χ2n) is 6.71. The molecular formula is C21H24N4O3. The van der Waals surface area contributed by atoms with Crippen LogP contribution in [-0.4, -0.2) is 35.1 Å². The number of anilines is 1. The monoisotopic (exact) mass is 380 g/mol. The maximum absolute atomic E-state index is 12.8. The average molecular weight is 380 g/mol. The molecular weight excluding hydrogens is 356 g/mol. The van der Waals surface area contributed by atoms with Crippen LogP contribution in [0.1, 0.15) is 41.5 Å². The third kappa shape index (κ3) is 3.83. The van der Waals surface area contributed by atoms with E-state index < -0.39 is 0 Å². The zero-order chi connectivity index (χ0) is 20.3. The van der Waals surface area contributed by atoms with Gasteiger partial charge in [-0.2, -0.15) is 0 Å². The summed E-state index contributed by atoms with van der Waals surface area (Å²) in [6, 6.07) is 13.2. The van der Waals surface area contributed by atoms with Crippen molar-refractivity contribution in [3.63, 3.8) is 0 Å². The predicted octanol–water partition coefficient (Wildman–Crippen LogP) is 3.97. The van der Waals surface area contributed by atoms with E-state index in [0.717, 1.165) is 11.3 Å². The molecule has 3 aromatic rings. The van der Waals surface area contributed by atoms with Gasteiger partial charge >= 0.3 is 0 Å². The van der Waals surface area contributed by atoms with E-state index in [1.54, 1.807) is 44.0 Å². The van der Waals surface area contributed by atoms with Gasteiger partial charge in [0.2, 0.25) is 0 Å². The van der Waals surface area contributed by atoms with E-state index in [4.69, 9.17) is 9.47 Å². The molecule has 0 spiro atoms. The van der Waals surface area contributed by atoms with Crippen molar-refractivity contribution in [2.45, 2.75) is 26.7 Å². The largest absolute Gasteiger partial charge is 0.497 e. The van der Waals surface area contributed by atoms with Crippen LogP contribution in [0.5, 0.6) is 11.5 Å². The van der Waals surface area contributed by atoms with Crippen LogP contribution in [0.15, 0.2) is 42.5 Å². The molecule has 0 aliphatic heterocycles. The van der Waals surface area contributed by atoms with Gasteiger partial charge in [-0.25, -0.2) is 4.68 Å². The molecule has 146 valence electrons. The smallest absolute Gasteiger partial charge is 0.278 e. The molecule has 7 nitrogen and oxygen atoms in total. The summed E-state index contributed by atoms with van der Waals surface area (Å²) in [4.78, 5) is 12.8. The Balaban J connectivity index is 1.91. The highest BCUT2D eigenvalue weighted by Gasteiger charge is 2.20. The summed E-state index contributed by atoms with van der Waals surface area (Å²) in [5.74, 6) is 1.32. The molecule has 0 radical (unpaired) electrons. The highest BCUT2D eigenvalue weighted by Crippen LogP contribution is 2.28. The number of methoxy groups -OCH3 is 2. The fourth-order valence-electron chi connectivity index (χ4n) is 2.90. The number of aromatic nitrogens is 3. The third-order valence-corrected chi connectivity index (χ3v) is 4.54. The van der Waals surface area contributed by atoms with Crippen LogP contribution < -0.4 is 14.8 Å². The molecule has 1 heterocycles. The second kappa shape index (κ2) is 8.12. The maximum Gasteiger partial charge on any atom is 0.278 e. The van der Waals surface area contributed by atoms with Gasteiger partial charge in [-0.15, -0.1) is 5.10 Å². The Hall–Kier alpha value is -3.35. The van der Waals surface area contributed by atoms with E-state index in [0.29, 0.717) is 28.8 Å². The normalized spacial score (nSPS) is 10.8. The lowest BCUT2D eigenvalue weighted by molar-refractivity contribution is 0.102. The summed E-state index contributed by atoms with van der Waals surface area (Å²) in [5.41, 5.74) is 3.37. The molecule has 0 aliphatic carbocycles. The summed E-state index contributed by atoms with van der Waals surface area (Å²) >= 11 is 0. The number of hydrogen-bond acceptors (Lipinski definition) is 5. The van der Waals surface area contributed by atoms with Crippen molar-refractivity contribution in [2.24, 2.45) is 0 Å². The minimum absolute atomic E-state index is 0.250. The number of hydrogen-bond donors (Lipinski definition) is 1. The lowest BCUT2D eigenvalue weighted by Gasteiger charge is -2.11. The predicted molar refractivity (Wildman–Crippen MR) is 108 cm³/mol. The van der Waals surface area contributed by atoms with E-state index in [9.17, 15) is 4.79 Å². The topological polar surface area (TPSA) is 78.3 Å². The van der Waals surface area contributed by atoms with Gasteiger partial charge in [0.15, 0.2) is 5.69 Å². The minimum atomic E-state index is -0.313. The summed E-state index contributed by atoms with van der Waals surface area (Å²) in [5, 5.41) is 11.1. The third-order valence-electron chi connectivity index (χ3n) is 4.54. The van der Waals surface area contributed by atoms with E-state index in [2.05, 4.69) is 29.5 Å². The first kappa shape index (κ1) is 19.4. The van der Waals surface area contributed by atoms with E-state index in [-0.39, 0.29) is 11.6 Å². The maximum atomic E-state index is 12.8. The van der Waals surface area contributed by atoms with Gasteiger partial charge in [-0.1, -0.05) is 31.2 Å². The van der Waals surface area contributed by atoms with Crippen molar-refractivity contribution in [1.29, 1.82) is 0 Å². The quantitative estimate of drug-likeness (QED) is 0.700. The van der Waals surface area contributed by atoms with Crippen molar-refractivity contribution >= 4 is 11.6 Å². The Morgan fingerprint density at radius 2 is 1.89 bits per heavy atom. The van der Waals surface area contributed by atoms with Crippen molar-refractivity contribution in [3.05, 3.63) is 59.4 Å². The van der Waals surface area contributed by atoms with Crippen LogP contribution in [0.3, 0.4) is 0 Å². The van der Waals surface area contributed by atoms with Crippen LogP contribution in [0.2, 0.25) is 0 Å². The Morgan fingerprint density at radius 1 is 1.11 bits per heavy atom. The van der Waals surface area contributed by atoms with Crippen LogP contribution >= 0.6 is 0 Å². The number of carbonyl (C=O) groups is 1. The van der Waals surface area contributed by atoms with Crippen molar-refractivity contribution in [3.8, 4) is 17.2 Å².